The highest BCUT2D eigenvalue weighted by Crippen LogP contribution is 2.32. The second-order valence-corrected chi connectivity index (χ2v) is 3.47. The van der Waals surface area contributed by atoms with Crippen molar-refractivity contribution in [1.82, 2.24) is 0 Å². The molecule has 0 saturated heterocycles. The molecule has 18 heavy (non-hydrogen) atoms. The molecule has 0 bridgehead atoms. The molecular weight excluding hydrogens is 266 g/mol. The number of carbonyl (C=O) groups is 1. The number of carboxylic acid groups (broad SMARTS) is 1. The second kappa shape index (κ2) is 4.51. The fourth-order valence-corrected chi connectivity index (χ4v) is 1.32. The van der Waals surface area contributed by atoms with Gasteiger partial charge in [0.25, 0.3) is 0 Å². The predicted molar refractivity (Wildman–Crippen MR) is 48.2 cm³/mol. The first kappa shape index (κ1) is 14.3. The SMILES string of the molecule is O=C(O)c1cc(C(F)(F)F)ccc1CC(F)(F)F. The molecule has 0 aliphatic rings. The van der Waals surface area contributed by atoms with Crippen molar-refractivity contribution in [3.63, 3.8) is 0 Å². The Morgan fingerprint density at radius 2 is 1.67 bits per heavy atom. The minimum atomic E-state index is -4.80. The van der Waals surface area contributed by atoms with E-state index in [0.29, 0.717) is 12.1 Å². The molecule has 0 radical (unpaired) electrons. The van der Waals surface area contributed by atoms with E-state index in [2.05, 4.69) is 0 Å². The molecule has 0 amide bonds. The Kier molecular flexibility index (Phi) is 3.59. The Labute approximate surface area is 96.8 Å². The van der Waals surface area contributed by atoms with Crippen LogP contribution < -0.4 is 0 Å². The Balaban J connectivity index is 3.26. The van der Waals surface area contributed by atoms with Crippen LogP contribution in [0.5, 0.6) is 0 Å². The molecule has 0 unspecified atom stereocenters. The zero-order valence-electron chi connectivity index (χ0n) is 8.56. The van der Waals surface area contributed by atoms with Gasteiger partial charge in [0, 0.05) is 0 Å². The van der Waals surface area contributed by atoms with Crippen molar-refractivity contribution in [1.29, 1.82) is 0 Å². The van der Waals surface area contributed by atoms with Crippen molar-refractivity contribution in [2.75, 3.05) is 0 Å². The quantitative estimate of drug-likeness (QED) is 0.836. The van der Waals surface area contributed by atoms with Gasteiger partial charge in [-0.05, 0) is 17.7 Å². The number of hydrogen-bond donors (Lipinski definition) is 1. The van der Waals surface area contributed by atoms with Crippen LogP contribution >= 0.6 is 0 Å². The van der Waals surface area contributed by atoms with Crippen LogP contribution in [0.15, 0.2) is 18.2 Å². The number of alkyl halides is 6. The fourth-order valence-electron chi connectivity index (χ4n) is 1.32. The van der Waals surface area contributed by atoms with E-state index < -0.39 is 41.4 Å². The molecule has 100 valence electrons. The van der Waals surface area contributed by atoms with Gasteiger partial charge in [-0.25, -0.2) is 4.79 Å². The minimum absolute atomic E-state index is 0.198. The first-order valence-corrected chi connectivity index (χ1v) is 4.51. The normalized spacial score (nSPS) is 12.6. The van der Waals surface area contributed by atoms with Gasteiger partial charge in [-0.15, -0.1) is 0 Å². The van der Waals surface area contributed by atoms with Gasteiger partial charge in [-0.2, -0.15) is 26.3 Å². The molecule has 0 atom stereocenters. The lowest BCUT2D eigenvalue weighted by atomic mass is 10.0. The molecule has 1 N–H and O–H groups in total. The lowest BCUT2D eigenvalue weighted by molar-refractivity contribution is -0.137. The molecule has 0 aliphatic carbocycles. The van der Waals surface area contributed by atoms with Crippen LogP contribution in [-0.4, -0.2) is 17.3 Å². The average molecular weight is 272 g/mol. The molecule has 0 spiro atoms. The van der Waals surface area contributed by atoms with Crippen LogP contribution in [0.3, 0.4) is 0 Å². The Bertz CT molecular complexity index is 460. The third kappa shape index (κ3) is 3.64. The molecule has 0 saturated carbocycles. The maximum absolute atomic E-state index is 12.3. The van der Waals surface area contributed by atoms with Crippen molar-refractivity contribution < 1.29 is 36.2 Å². The summed E-state index contributed by atoms with van der Waals surface area (Å²) in [6, 6.07) is 1.15. The smallest absolute Gasteiger partial charge is 0.416 e. The van der Waals surface area contributed by atoms with Crippen LogP contribution in [0.1, 0.15) is 21.5 Å². The van der Waals surface area contributed by atoms with Gasteiger partial charge >= 0.3 is 18.3 Å². The largest absolute Gasteiger partial charge is 0.478 e. The molecule has 1 rings (SSSR count). The first-order chi connectivity index (χ1) is 8.00. The molecule has 0 aliphatic heterocycles. The zero-order valence-corrected chi connectivity index (χ0v) is 8.56. The molecule has 0 aromatic heterocycles. The summed E-state index contributed by atoms with van der Waals surface area (Å²) in [5, 5.41) is 8.62. The van der Waals surface area contributed by atoms with Gasteiger partial charge < -0.3 is 5.11 Å². The van der Waals surface area contributed by atoms with Crippen LogP contribution in [-0.2, 0) is 12.6 Å². The van der Waals surface area contributed by atoms with Crippen molar-refractivity contribution in [3.05, 3.63) is 34.9 Å². The van der Waals surface area contributed by atoms with Crippen molar-refractivity contribution in [3.8, 4) is 0 Å². The van der Waals surface area contributed by atoms with E-state index in [-0.39, 0.29) is 6.07 Å². The van der Waals surface area contributed by atoms with Crippen LogP contribution in [0.4, 0.5) is 26.3 Å². The summed E-state index contributed by atoms with van der Waals surface area (Å²) < 4.78 is 73.2. The Morgan fingerprint density at radius 3 is 2.06 bits per heavy atom. The molecule has 0 fully saturated rings. The highest BCUT2D eigenvalue weighted by atomic mass is 19.4. The molecule has 1 aromatic carbocycles. The lowest BCUT2D eigenvalue weighted by Gasteiger charge is -2.12. The summed E-state index contributed by atoms with van der Waals surface area (Å²) in [4.78, 5) is 10.7. The number of rotatable bonds is 2. The topological polar surface area (TPSA) is 37.3 Å². The fraction of sp³-hybridized carbons (Fsp3) is 0.300. The monoisotopic (exact) mass is 272 g/mol. The standard InChI is InChI=1S/C10H6F6O2/c11-9(12,13)4-5-1-2-6(10(14,15)16)3-7(5)8(17)18/h1-3H,4H2,(H,17,18). The average Bonchev–Trinajstić information content (AvgIpc) is 2.13. The molecule has 2 nitrogen and oxygen atoms in total. The van der Waals surface area contributed by atoms with E-state index in [0.717, 1.165) is 0 Å². The van der Waals surface area contributed by atoms with Gasteiger partial charge in [0.2, 0.25) is 0 Å². The van der Waals surface area contributed by atoms with Crippen molar-refractivity contribution >= 4 is 5.97 Å². The van der Waals surface area contributed by atoms with E-state index in [1.54, 1.807) is 0 Å². The molecule has 0 heterocycles. The number of halogens is 6. The van der Waals surface area contributed by atoms with E-state index in [1.807, 2.05) is 0 Å². The van der Waals surface area contributed by atoms with Gasteiger partial charge in [-0.3, -0.25) is 0 Å². The van der Waals surface area contributed by atoms with E-state index >= 15 is 0 Å². The maximum Gasteiger partial charge on any atom is 0.416 e. The van der Waals surface area contributed by atoms with Crippen LogP contribution in [0, 0.1) is 0 Å². The van der Waals surface area contributed by atoms with E-state index in [4.69, 9.17) is 5.11 Å². The summed E-state index contributed by atoms with van der Waals surface area (Å²) >= 11 is 0. The highest BCUT2D eigenvalue weighted by molar-refractivity contribution is 5.89. The summed E-state index contributed by atoms with van der Waals surface area (Å²) in [7, 11) is 0. The van der Waals surface area contributed by atoms with Gasteiger partial charge in [-0.1, -0.05) is 6.07 Å². The van der Waals surface area contributed by atoms with Crippen molar-refractivity contribution in [2.45, 2.75) is 18.8 Å². The van der Waals surface area contributed by atoms with Gasteiger partial charge in [0.1, 0.15) is 0 Å². The number of hydrogen-bond acceptors (Lipinski definition) is 1. The number of benzene rings is 1. The molecular formula is C10H6F6O2. The minimum Gasteiger partial charge on any atom is -0.478 e. The van der Waals surface area contributed by atoms with Gasteiger partial charge in [0.05, 0.1) is 17.5 Å². The number of aromatic carboxylic acids is 1. The first-order valence-electron chi connectivity index (χ1n) is 4.51. The summed E-state index contributed by atoms with van der Waals surface area (Å²) in [6.07, 6.45) is -11.1. The third-order valence-electron chi connectivity index (χ3n) is 2.06. The van der Waals surface area contributed by atoms with E-state index in [1.165, 1.54) is 0 Å². The Hall–Kier alpha value is -1.73. The predicted octanol–water partition coefficient (Wildman–Crippen LogP) is 3.51. The lowest BCUT2D eigenvalue weighted by Crippen LogP contribution is -2.16. The maximum atomic E-state index is 12.3. The van der Waals surface area contributed by atoms with Crippen LogP contribution in [0.2, 0.25) is 0 Å². The Morgan fingerprint density at radius 1 is 1.11 bits per heavy atom. The second-order valence-electron chi connectivity index (χ2n) is 3.47. The number of carboxylic acids is 1. The molecule has 1 aromatic rings. The summed E-state index contributed by atoms with van der Waals surface area (Å²) in [5.74, 6) is -1.83. The highest BCUT2D eigenvalue weighted by Gasteiger charge is 2.34. The van der Waals surface area contributed by atoms with Crippen LogP contribution in [0.25, 0.3) is 0 Å². The zero-order chi connectivity index (χ0) is 14.1. The third-order valence-corrected chi connectivity index (χ3v) is 2.06. The summed E-state index contributed by atoms with van der Waals surface area (Å²) in [5.41, 5.74) is -3.00. The molecule has 8 heteroatoms. The van der Waals surface area contributed by atoms with E-state index in [9.17, 15) is 31.1 Å². The summed E-state index contributed by atoms with van der Waals surface area (Å²) in [6.45, 7) is 0. The van der Waals surface area contributed by atoms with Gasteiger partial charge in [0.15, 0.2) is 0 Å². The van der Waals surface area contributed by atoms with Crippen molar-refractivity contribution in [2.24, 2.45) is 0 Å².